The van der Waals surface area contributed by atoms with Crippen LogP contribution in [-0.2, 0) is 4.79 Å². The third-order valence-corrected chi connectivity index (χ3v) is 8.87. The van der Waals surface area contributed by atoms with Gasteiger partial charge in [0.1, 0.15) is 5.01 Å². The Kier molecular flexibility index (Phi) is 8.49. The van der Waals surface area contributed by atoms with E-state index in [2.05, 4.69) is 51.0 Å². The first kappa shape index (κ1) is 28.2. The van der Waals surface area contributed by atoms with Crippen LogP contribution in [0.2, 0.25) is 0 Å². The largest absolute Gasteiger partial charge is 0.358 e. The Morgan fingerprint density at radius 3 is 2.65 bits per heavy atom. The van der Waals surface area contributed by atoms with Gasteiger partial charge in [-0.15, -0.1) is 11.3 Å². The topological polar surface area (TPSA) is 78.1 Å². The predicted octanol–water partition coefficient (Wildman–Crippen LogP) is 7.98. The molecule has 3 heterocycles. The summed E-state index contributed by atoms with van der Waals surface area (Å²) in [4.78, 5) is 36.7. The molecule has 1 aliphatic rings. The highest BCUT2D eigenvalue weighted by atomic mass is 79.9. The van der Waals surface area contributed by atoms with Crippen molar-refractivity contribution in [1.82, 2.24) is 14.9 Å². The maximum atomic E-state index is 13.1. The molecule has 0 fully saturated rings. The molecule has 0 atom stereocenters. The van der Waals surface area contributed by atoms with Gasteiger partial charge in [0.15, 0.2) is 5.78 Å². The smallest absolute Gasteiger partial charge is 0.256 e. The first-order valence-corrected chi connectivity index (χ1v) is 15.3. The molecule has 206 valence electrons. The lowest BCUT2D eigenvalue weighted by Gasteiger charge is -2.17. The lowest BCUT2D eigenvalue weighted by atomic mass is 9.99. The molecule has 2 aromatic carbocycles. The Hall–Kier alpha value is -3.33. The van der Waals surface area contributed by atoms with E-state index in [9.17, 15) is 9.59 Å². The minimum absolute atomic E-state index is 0.145. The zero-order valence-corrected chi connectivity index (χ0v) is 25.6. The summed E-state index contributed by atoms with van der Waals surface area (Å²) in [5, 5.41) is 5.96. The summed E-state index contributed by atoms with van der Waals surface area (Å²) >= 11 is 5.13. The van der Waals surface area contributed by atoms with Crippen molar-refractivity contribution < 1.29 is 9.59 Å². The summed E-state index contributed by atoms with van der Waals surface area (Å²) in [6, 6.07) is 14.0. The number of aromatic nitrogens is 2. The molecule has 8 heteroatoms. The van der Waals surface area contributed by atoms with Gasteiger partial charge in [0.2, 0.25) is 0 Å². The van der Waals surface area contributed by atoms with Crippen molar-refractivity contribution in [2.75, 3.05) is 25.0 Å². The van der Waals surface area contributed by atoms with Crippen LogP contribution < -0.4 is 5.32 Å². The van der Waals surface area contributed by atoms with E-state index in [1.54, 1.807) is 11.3 Å². The van der Waals surface area contributed by atoms with Crippen LogP contribution in [0.1, 0.15) is 59.6 Å². The van der Waals surface area contributed by atoms with Gasteiger partial charge >= 0.3 is 0 Å². The number of carbonyl (C=O) groups excluding carboxylic acids is 2. The molecule has 1 aliphatic heterocycles. The molecule has 0 bridgehead atoms. The molecule has 0 saturated carbocycles. The highest BCUT2D eigenvalue weighted by molar-refractivity contribution is 9.10. The van der Waals surface area contributed by atoms with Crippen molar-refractivity contribution in [2.24, 2.45) is 0 Å². The number of benzene rings is 2. The molecule has 0 radical (unpaired) electrons. The van der Waals surface area contributed by atoms with Crippen molar-refractivity contribution in [1.29, 1.82) is 0 Å². The Morgan fingerprint density at radius 1 is 1.10 bits per heavy atom. The number of anilines is 1. The number of amides is 1. The van der Waals surface area contributed by atoms with Gasteiger partial charge in [-0.3, -0.25) is 9.59 Å². The lowest BCUT2D eigenvalue weighted by molar-refractivity contribution is -0.110. The number of nitrogens with one attached hydrogen (secondary N) is 2. The Balaban J connectivity index is 1.41. The van der Waals surface area contributed by atoms with Crippen molar-refractivity contribution in [2.45, 2.75) is 40.5 Å². The summed E-state index contributed by atoms with van der Waals surface area (Å²) < 4.78 is 1.01. The van der Waals surface area contributed by atoms with Gasteiger partial charge in [-0.05, 0) is 75.8 Å². The Morgan fingerprint density at radius 2 is 1.90 bits per heavy atom. The van der Waals surface area contributed by atoms with Crippen LogP contribution in [0.4, 0.5) is 5.69 Å². The number of Topliss-reactive ketones (excluding diaryl/α,β-unsaturated/α-hetero) is 1. The SMILES string of the molecule is CCN(CC)CCCC(=O)c1c(C)[nH]c(/C=C2\C(=O)Nc3ccc(-c4csc(-c5cccc(Br)c5)n4)cc32)c1C. The van der Waals surface area contributed by atoms with E-state index in [1.807, 2.05) is 61.7 Å². The van der Waals surface area contributed by atoms with Gasteiger partial charge in [0, 0.05) is 55.6 Å². The van der Waals surface area contributed by atoms with E-state index in [4.69, 9.17) is 4.98 Å². The standard InChI is InChI=1S/C32H33BrN4O2S/c1-5-37(6-2)14-8-11-29(38)30-19(3)27(34-20(30)4)17-25-24-16-21(12-13-26(24)35-31(25)39)28-18-40-32(36-28)22-9-7-10-23(33)15-22/h7,9-10,12-13,15-18,34H,5-6,8,11,14H2,1-4H3,(H,35,39)/b25-17-. The normalized spacial score (nSPS) is 13.8. The van der Waals surface area contributed by atoms with Crippen molar-refractivity contribution in [3.8, 4) is 21.8 Å². The summed E-state index contributed by atoms with van der Waals surface area (Å²) in [6.07, 6.45) is 3.21. The molecular weight excluding hydrogens is 584 g/mol. The molecule has 0 saturated heterocycles. The number of carbonyl (C=O) groups is 2. The lowest BCUT2D eigenvalue weighted by Crippen LogP contribution is -2.24. The zero-order valence-electron chi connectivity index (χ0n) is 23.2. The highest BCUT2D eigenvalue weighted by Gasteiger charge is 2.26. The first-order chi connectivity index (χ1) is 19.3. The molecule has 40 heavy (non-hydrogen) atoms. The number of ketones is 1. The molecule has 6 nitrogen and oxygen atoms in total. The van der Waals surface area contributed by atoms with Gasteiger partial charge < -0.3 is 15.2 Å². The van der Waals surface area contributed by atoms with E-state index in [-0.39, 0.29) is 11.7 Å². The van der Waals surface area contributed by atoms with Crippen LogP contribution in [0.15, 0.2) is 52.3 Å². The molecule has 0 unspecified atom stereocenters. The number of aryl methyl sites for hydroxylation is 1. The number of hydrogen-bond donors (Lipinski definition) is 2. The third-order valence-electron chi connectivity index (χ3n) is 7.49. The van der Waals surface area contributed by atoms with E-state index >= 15 is 0 Å². The maximum Gasteiger partial charge on any atom is 0.256 e. The second-order valence-electron chi connectivity index (χ2n) is 10.0. The van der Waals surface area contributed by atoms with Crippen LogP contribution in [0.3, 0.4) is 0 Å². The second-order valence-corrected chi connectivity index (χ2v) is 11.8. The molecular formula is C32H33BrN4O2S. The quantitative estimate of drug-likeness (QED) is 0.140. The third kappa shape index (κ3) is 5.75. The summed E-state index contributed by atoms with van der Waals surface area (Å²) in [5.41, 5.74) is 8.30. The average Bonchev–Trinajstić information content (AvgIpc) is 3.62. The Bertz CT molecular complexity index is 1610. The molecule has 5 rings (SSSR count). The summed E-state index contributed by atoms with van der Waals surface area (Å²) in [7, 11) is 0. The fraction of sp³-hybridized carbons (Fsp3) is 0.281. The number of nitrogens with zero attached hydrogens (tertiary/aromatic N) is 2. The Labute approximate surface area is 247 Å². The van der Waals surface area contributed by atoms with Gasteiger partial charge in [0.25, 0.3) is 5.91 Å². The summed E-state index contributed by atoms with van der Waals surface area (Å²) in [6.45, 7) is 11.1. The number of thiazole rings is 1. The van der Waals surface area contributed by atoms with Crippen LogP contribution in [0.5, 0.6) is 0 Å². The van der Waals surface area contributed by atoms with E-state index in [0.29, 0.717) is 12.0 Å². The number of rotatable bonds is 10. The average molecular weight is 618 g/mol. The number of fused-ring (bicyclic) bond motifs is 1. The van der Waals surface area contributed by atoms with E-state index in [1.165, 1.54) is 0 Å². The number of H-pyrrole nitrogens is 1. The van der Waals surface area contributed by atoms with Gasteiger partial charge in [-0.2, -0.15) is 0 Å². The number of hydrogen-bond acceptors (Lipinski definition) is 5. The van der Waals surface area contributed by atoms with Crippen LogP contribution >= 0.6 is 27.3 Å². The van der Waals surface area contributed by atoms with Crippen LogP contribution in [0, 0.1) is 13.8 Å². The van der Waals surface area contributed by atoms with Crippen molar-refractivity contribution >= 4 is 56.3 Å². The highest BCUT2D eigenvalue weighted by Crippen LogP contribution is 2.38. The minimum atomic E-state index is -0.154. The van der Waals surface area contributed by atoms with Gasteiger partial charge in [-0.25, -0.2) is 4.98 Å². The minimum Gasteiger partial charge on any atom is -0.358 e. The number of halogens is 1. The van der Waals surface area contributed by atoms with Gasteiger partial charge in [0.05, 0.1) is 11.3 Å². The molecule has 1 amide bonds. The molecule has 2 N–H and O–H groups in total. The second kappa shape index (κ2) is 12.0. The predicted molar refractivity (Wildman–Crippen MR) is 169 cm³/mol. The number of aromatic amines is 1. The van der Waals surface area contributed by atoms with Crippen molar-refractivity contribution in [3.05, 3.63) is 80.4 Å². The van der Waals surface area contributed by atoms with E-state index in [0.717, 1.165) is 86.1 Å². The molecule has 0 spiro atoms. The fourth-order valence-electron chi connectivity index (χ4n) is 5.26. The maximum absolute atomic E-state index is 13.1. The summed E-state index contributed by atoms with van der Waals surface area (Å²) in [5.74, 6) is -0.00889. The first-order valence-electron chi connectivity index (χ1n) is 13.6. The monoisotopic (exact) mass is 616 g/mol. The van der Waals surface area contributed by atoms with E-state index < -0.39 is 0 Å². The zero-order chi connectivity index (χ0) is 28.4. The van der Waals surface area contributed by atoms with Crippen LogP contribution in [0.25, 0.3) is 33.5 Å². The van der Waals surface area contributed by atoms with Crippen LogP contribution in [-0.4, -0.2) is 46.2 Å². The molecule has 2 aromatic heterocycles. The molecule has 4 aromatic rings. The fourth-order valence-corrected chi connectivity index (χ4v) is 6.49. The van der Waals surface area contributed by atoms with Crippen molar-refractivity contribution in [3.63, 3.8) is 0 Å². The molecule has 0 aliphatic carbocycles. The van der Waals surface area contributed by atoms with Gasteiger partial charge in [-0.1, -0.05) is 48.0 Å².